The molecule has 0 atom stereocenters. The molecule has 106 valence electrons. The predicted octanol–water partition coefficient (Wildman–Crippen LogP) is 3.34. The molecule has 3 N–H and O–H groups in total. The van der Waals surface area contributed by atoms with Gasteiger partial charge in [-0.05, 0) is 43.7 Å². The van der Waals surface area contributed by atoms with Crippen molar-refractivity contribution in [2.45, 2.75) is 18.7 Å². The van der Waals surface area contributed by atoms with Crippen molar-refractivity contribution in [3.63, 3.8) is 0 Å². The van der Waals surface area contributed by atoms with Gasteiger partial charge in [0.05, 0.1) is 5.02 Å². The Balaban J connectivity index is 2.40. The highest BCUT2D eigenvalue weighted by Crippen LogP contribution is 2.28. The lowest BCUT2D eigenvalue weighted by Crippen LogP contribution is -2.14. The van der Waals surface area contributed by atoms with Crippen LogP contribution in [0.1, 0.15) is 11.1 Å². The second-order valence-electron chi connectivity index (χ2n) is 4.61. The Morgan fingerprint density at radius 3 is 2.30 bits per heavy atom. The topological polar surface area (TPSA) is 72.2 Å². The number of nitrogen functional groups attached to an aromatic ring is 1. The number of anilines is 2. The van der Waals surface area contributed by atoms with Gasteiger partial charge in [-0.15, -0.1) is 0 Å². The first kappa shape index (κ1) is 14.7. The molecule has 0 fully saturated rings. The Hall–Kier alpha value is -1.72. The van der Waals surface area contributed by atoms with E-state index in [4.69, 9.17) is 17.3 Å². The van der Waals surface area contributed by atoms with Crippen molar-refractivity contribution in [3.05, 3.63) is 52.5 Å². The summed E-state index contributed by atoms with van der Waals surface area (Å²) in [7, 11) is -3.76. The molecule has 0 bridgehead atoms. The average Bonchev–Trinajstić information content (AvgIpc) is 2.36. The van der Waals surface area contributed by atoms with Crippen LogP contribution in [0, 0.1) is 13.8 Å². The van der Waals surface area contributed by atoms with Crippen LogP contribution in [0.3, 0.4) is 0 Å². The van der Waals surface area contributed by atoms with E-state index in [-0.39, 0.29) is 9.92 Å². The summed E-state index contributed by atoms with van der Waals surface area (Å²) in [6.45, 7) is 3.70. The largest absolute Gasteiger partial charge is 0.398 e. The fourth-order valence-corrected chi connectivity index (χ4v) is 3.38. The molecule has 0 aliphatic heterocycles. The van der Waals surface area contributed by atoms with Crippen molar-refractivity contribution in [2.75, 3.05) is 10.5 Å². The van der Waals surface area contributed by atoms with Gasteiger partial charge in [-0.1, -0.05) is 29.3 Å². The number of aryl methyl sites for hydroxylation is 2. The van der Waals surface area contributed by atoms with Gasteiger partial charge in [-0.25, -0.2) is 8.42 Å². The lowest BCUT2D eigenvalue weighted by Gasteiger charge is -2.11. The SMILES string of the molecule is Cc1ccc(NS(=O)(=O)c2cc(N)c(C)cc2Cl)cc1. The molecule has 4 nitrogen and oxygen atoms in total. The summed E-state index contributed by atoms with van der Waals surface area (Å²) in [6.07, 6.45) is 0. The molecule has 0 radical (unpaired) electrons. The van der Waals surface area contributed by atoms with Gasteiger partial charge in [0.25, 0.3) is 10.0 Å². The molecule has 0 aromatic heterocycles. The minimum atomic E-state index is -3.76. The third-order valence-electron chi connectivity index (χ3n) is 2.91. The summed E-state index contributed by atoms with van der Waals surface area (Å²) in [5.74, 6) is 0. The number of nitrogens with one attached hydrogen (secondary N) is 1. The number of rotatable bonds is 3. The van der Waals surface area contributed by atoms with Crippen LogP contribution in [0.2, 0.25) is 5.02 Å². The number of halogens is 1. The van der Waals surface area contributed by atoms with Gasteiger partial charge >= 0.3 is 0 Å². The molecular weight excluding hydrogens is 296 g/mol. The molecule has 2 rings (SSSR count). The van der Waals surface area contributed by atoms with Crippen LogP contribution in [0.25, 0.3) is 0 Å². The average molecular weight is 311 g/mol. The number of hydrogen-bond acceptors (Lipinski definition) is 3. The van der Waals surface area contributed by atoms with Crippen molar-refractivity contribution in [1.82, 2.24) is 0 Å². The normalized spacial score (nSPS) is 11.3. The zero-order chi connectivity index (χ0) is 14.9. The van der Waals surface area contributed by atoms with Gasteiger partial charge in [-0.2, -0.15) is 0 Å². The third-order valence-corrected chi connectivity index (χ3v) is 4.76. The molecule has 2 aromatic carbocycles. The molecule has 0 aliphatic carbocycles. The van der Waals surface area contributed by atoms with E-state index < -0.39 is 10.0 Å². The smallest absolute Gasteiger partial charge is 0.263 e. The Kier molecular flexibility index (Phi) is 3.92. The number of hydrogen-bond donors (Lipinski definition) is 2. The highest BCUT2D eigenvalue weighted by molar-refractivity contribution is 7.92. The summed E-state index contributed by atoms with van der Waals surface area (Å²) in [4.78, 5) is -0.0251. The van der Waals surface area contributed by atoms with Crippen LogP contribution in [0.4, 0.5) is 11.4 Å². The fraction of sp³-hybridized carbons (Fsp3) is 0.143. The Morgan fingerprint density at radius 2 is 1.70 bits per heavy atom. The lowest BCUT2D eigenvalue weighted by atomic mass is 10.2. The Bertz CT molecular complexity index is 741. The molecule has 6 heteroatoms. The first-order valence-corrected chi connectivity index (χ1v) is 7.81. The zero-order valence-corrected chi connectivity index (χ0v) is 12.7. The quantitative estimate of drug-likeness (QED) is 0.854. The van der Waals surface area contributed by atoms with Crippen molar-refractivity contribution >= 4 is 33.0 Å². The predicted molar refractivity (Wildman–Crippen MR) is 82.6 cm³/mol. The van der Waals surface area contributed by atoms with Crippen molar-refractivity contribution in [1.29, 1.82) is 0 Å². The van der Waals surface area contributed by atoms with E-state index >= 15 is 0 Å². The monoisotopic (exact) mass is 310 g/mol. The lowest BCUT2D eigenvalue weighted by molar-refractivity contribution is 0.601. The Morgan fingerprint density at radius 1 is 1.10 bits per heavy atom. The number of benzene rings is 2. The van der Waals surface area contributed by atoms with E-state index in [9.17, 15) is 8.42 Å². The minimum absolute atomic E-state index is 0.0251. The van der Waals surface area contributed by atoms with Crippen LogP contribution in [-0.4, -0.2) is 8.42 Å². The molecule has 0 saturated carbocycles. The van der Waals surface area contributed by atoms with Gasteiger partial charge in [0.2, 0.25) is 0 Å². The van der Waals surface area contributed by atoms with Gasteiger partial charge in [0.15, 0.2) is 0 Å². The van der Waals surface area contributed by atoms with E-state index in [2.05, 4.69) is 4.72 Å². The van der Waals surface area contributed by atoms with Crippen LogP contribution < -0.4 is 10.5 Å². The molecule has 0 saturated heterocycles. The fourth-order valence-electron chi connectivity index (χ4n) is 1.71. The first-order valence-electron chi connectivity index (χ1n) is 5.95. The zero-order valence-electron chi connectivity index (χ0n) is 11.1. The standard InChI is InChI=1S/C14H15ClN2O2S/c1-9-3-5-11(6-4-9)17-20(18,19)14-8-13(16)10(2)7-12(14)15/h3-8,17H,16H2,1-2H3. The second-order valence-corrected chi connectivity index (χ2v) is 6.67. The Labute approximate surface area is 123 Å². The molecule has 0 unspecified atom stereocenters. The summed E-state index contributed by atoms with van der Waals surface area (Å²) in [5.41, 5.74) is 8.40. The molecule has 2 aromatic rings. The van der Waals surface area contributed by atoms with Crippen molar-refractivity contribution < 1.29 is 8.42 Å². The highest BCUT2D eigenvalue weighted by Gasteiger charge is 2.19. The van der Waals surface area contributed by atoms with E-state index in [0.717, 1.165) is 11.1 Å². The van der Waals surface area contributed by atoms with Crippen LogP contribution >= 0.6 is 11.6 Å². The van der Waals surface area contributed by atoms with Crippen molar-refractivity contribution in [2.24, 2.45) is 0 Å². The summed E-state index contributed by atoms with van der Waals surface area (Å²) < 4.78 is 27.1. The van der Waals surface area contributed by atoms with E-state index in [1.807, 2.05) is 19.1 Å². The molecule has 20 heavy (non-hydrogen) atoms. The summed E-state index contributed by atoms with van der Waals surface area (Å²) >= 11 is 6.00. The second kappa shape index (κ2) is 5.34. The first-order chi connectivity index (χ1) is 9.29. The molecule has 0 amide bonds. The molecule has 0 heterocycles. The van der Waals surface area contributed by atoms with Crippen LogP contribution in [-0.2, 0) is 10.0 Å². The van der Waals surface area contributed by atoms with Gasteiger partial charge in [0, 0.05) is 11.4 Å². The number of sulfonamides is 1. The van der Waals surface area contributed by atoms with E-state index in [0.29, 0.717) is 11.4 Å². The third kappa shape index (κ3) is 3.05. The van der Waals surface area contributed by atoms with E-state index in [1.54, 1.807) is 25.1 Å². The minimum Gasteiger partial charge on any atom is -0.398 e. The molecular formula is C14H15ClN2O2S. The molecule has 0 spiro atoms. The number of nitrogens with two attached hydrogens (primary N) is 1. The maximum absolute atomic E-state index is 12.3. The highest BCUT2D eigenvalue weighted by atomic mass is 35.5. The van der Waals surface area contributed by atoms with Crippen molar-refractivity contribution in [3.8, 4) is 0 Å². The summed E-state index contributed by atoms with van der Waals surface area (Å²) in [5, 5.41) is 0.149. The van der Waals surface area contributed by atoms with E-state index in [1.165, 1.54) is 6.07 Å². The molecule has 0 aliphatic rings. The van der Waals surface area contributed by atoms with Gasteiger partial charge < -0.3 is 5.73 Å². The van der Waals surface area contributed by atoms with Gasteiger partial charge in [0.1, 0.15) is 4.90 Å². The maximum Gasteiger partial charge on any atom is 0.263 e. The summed E-state index contributed by atoms with van der Waals surface area (Å²) in [6, 6.07) is 9.94. The van der Waals surface area contributed by atoms with Crippen LogP contribution in [0.5, 0.6) is 0 Å². The van der Waals surface area contributed by atoms with Crippen LogP contribution in [0.15, 0.2) is 41.3 Å². The van der Waals surface area contributed by atoms with Gasteiger partial charge in [-0.3, -0.25) is 4.72 Å². The maximum atomic E-state index is 12.3.